The van der Waals surface area contributed by atoms with E-state index >= 15 is 0 Å². The molecule has 1 rings (SSSR count). The molecule has 1 aromatic heterocycles. The van der Waals surface area contributed by atoms with Crippen LogP contribution in [0.25, 0.3) is 0 Å². The lowest BCUT2D eigenvalue weighted by Gasteiger charge is -2.01. The van der Waals surface area contributed by atoms with Gasteiger partial charge in [0, 0.05) is 0 Å². The molecule has 0 bridgehead atoms. The van der Waals surface area contributed by atoms with Gasteiger partial charge in [-0.25, -0.2) is 18.7 Å². The number of aromatic nitrogens is 2. The molecule has 0 amide bonds. The predicted octanol–water partition coefficient (Wildman–Crippen LogP) is 2.78. The van der Waals surface area contributed by atoms with Gasteiger partial charge in [-0.05, 0) is 38.5 Å². The van der Waals surface area contributed by atoms with E-state index in [0.717, 1.165) is 6.33 Å². The van der Waals surface area contributed by atoms with Crippen LogP contribution in [0.4, 0.5) is 8.78 Å². The fourth-order valence-electron chi connectivity index (χ4n) is 0.513. The second-order valence-electron chi connectivity index (χ2n) is 1.66. The summed E-state index contributed by atoms with van der Waals surface area (Å²) in [5, 5.41) is 0. The molecule has 0 aromatic carbocycles. The minimum atomic E-state index is -2.54. The number of halogens is 4. The summed E-state index contributed by atoms with van der Waals surface area (Å²) in [6.45, 7) is 0. The SMILES string of the molecule is FC(F)c1ncnc(Br)c1I. The molecule has 0 unspecified atom stereocenters. The van der Waals surface area contributed by atoms with Gasteiger partial charge in [-0.3, -0.25) is 0 Å². The molecule has 0 radical (unpaired) electrons. The fourth-order valence-corrected chi connectivity index (χ4v) is 1.32. The Morgan fingerprint density at radius 3 is 2.55 bits per heavy atom. The van der Waals surface area contributed by atoms with Crippen molar-refractivity contribution < 1.29 is 8.78 Å². The summed E-state index contributed by atoms with van der Waals surface area (Å²) in [6, 6.07) is 0. The zero-order valence-corrected chi connectivity index (χ0v) is 8.80. The van der Waals surface area contributed by atoms with Crippen LogP contribution in [0.3, 0.4) is 0 Å². The molecule has 0 aliphatic heterocycles. The first kappa shape index (κ1) is 9.24. The van der Waals surface area contributed by atoms with Gasteiger partial charge in [0.1, 0.15) is 16.6 Å². The number of alkyl halides is 2. The molecular formula is C5H2BrF2IN2. The molecule has 60 valence electrons. The summed E-state index contributed by atoms with van der Waals surface area (Å²) in [5.74, 6) is 0. The zero-order valence-electron chi connectivity index (χ0n) is 5.06. The highest BCUT2D eigenvalue weighted by atomic mass is 127. The molecule has 6 heteroatoms. The standard InChI is InChI=1S/C5H2BrF2IN2/c6-4-2(9)3(5(7)8)10-1-11-4/h1,5H. The Balaban J connectivity index is 3.17. The monoisotopic (exact) mass is 334 g/mol. The second kappa shape index (κ2) is 3.70. The molecule has 0 atom stereocenters. The molecule has 0 saturated heterocycles. The van der Waals surface area contributed by atoms with E-state index in [1.807, 2.05) is 0 Å². The van der Waals surface area contributed by atoms with E-state index in [1.165, 1.54) is 0 Å². The Labute approximate surface area is 83.7 Å². The molecule has 0 N–H and O–H groups in total. The van der Waals surface area contributed by atoms with Crippen molar-refractivity contribution in [2.75, 3.05) is 0 Å². The van der Waals surface area contributed by atoms with E-state index < -0.39 is 6.43 Å². The number of nitrogens with zero attached hydrogens (tertiary/aromatic N) is 2. The summed E-state index contributed by atoms with van der Waals surface area (Å²) >= 11 is 4.79. The minimum Gasteiger partial charge on any atom is -0.234 e. The Bertz CT molecular complexity index is 269. The van der Waals surface area contributed by atoms with Crippen molar-refractivity contribution >= 4 is 38.5 Å². The summed E-state index contributed by atoms with van der Waals surface area (Å²) in [4.78, 5) is 7.13. The average Bonchev–Trinajstić information content (AvgIpc) is 1.94. The van der Waals surface area contributed by atoms with Gasteiger partial charge >= 0.3 is 0 Å². The lowest BCUT2D eigenvalue weighted by Crippen LogP contribution is -1.96. The smallest absolute Gasteiger partial charge is 0.234 e. The van der Waals surface area contributed by atoms with Gasteiger partial charge in [0.05, 0.1) is 3.57 Å². The number of rotatable bonds is 1. The minimum absolute atomic E-state index is 0.229. The zero-order chi connectivity index (χ0) is 8.43. The lowest BCUT2D eigenvalue weighted by molar-refractivity contribution is 0.144. The van der Waals surface area contributed by atoms with Crippen molar-refractivity contribution in [2.45, 2.75) is 6.43 Å². The third-order valence-corrected chi connectivity index (χ3v) is 3.39. The molecule has 0 fully saturated rings. The van der Waals surface area contributed by atoms with Gasteiger partial charge in [-0.15, -0.1) is 0 Å². The van der Waals surface area contributed by atoms with Gasteiger partial charge in [-0.2, -0.15) is 0 Å². The van der Waals surface area contributed by atoms with Crippen LogP contribution < -0.4 is 0 Å². The van der Waals surface area contributed by atoms with E-state index in [1.54, 1.807) is 22.6 Å². The first-order chi connectivity index (χ1) is 5.13. The average molecular weight is 335 g/mol. The van der Waals surface area contributed by atoms with Crippen molar-refractivity contribution in [1.29, 1.82) is 0 Å². The van der Waals surface area contributed by atoms with Gasteiger partial charge in [0.15, 0.2) is 0 Å². The van der Waals surface area contributed by atoms with Crippen LogP contribution in [0.2, 0.25) is 0 Å². The predicted molar refractivity (Wildman–Crippen MR) is 47.4 cm³/mol. The number of hydrogen-bond acceptors (Lipinski definition) is 2. The van der Waals surface area contributed by atoms with Gasteiger partial charge in [-0.1, -0.05) is 0 Å². The quantitative estimate of drug-likeness (QED) is 0.583. The summed E-state index contributed by atoms with van der Waals surface area (Å²) in [7, 11) is 0. The molecule has 0 spiro atoms. The lowest BCUT2D eigenvalue weighted by atomic mass is 10.4. The van der Waals surface area contributed by atoms with Crippen LogP contribution in [0.1, 0.15) is 12.1 Å². The third-order valence-electron chi connectivity index (χ3n) is 0.981. The first-order valence-corrected chi connectivity index (χ1v) is 4.44. The van der Waals surface area contributed by atoms with E-state index in [-0.39, 0.29) is 5.69 Å². The molecule has 0 saturated carbocycles. The molecule has 1 heterocycles. The largest absolute Gasteiger partial charge is 0.281 e. The van der Waals surface area contributed by atoms with Crippen molar-refractivity contribution in [3.63, 3.8) is 0 Å². The van der Waals surface area contributed by atoms with Crippen molar-refractivity contribution in [2.24, 2.45) is 0 Å². The van der Waals surface area contributed by atoms with Crippen LogP contribution in [-0.4, -0.2) is 9.97 Å². The van der Waals surface area contributed by atoms with Crippen molar-refractivity contribution in [3.05, 3.63) is 20.2 Å². The highest BCUT2D eigenvalue weighted by molar-refractivity contribution is 14.1. The number of hydrogen-bond donors (Lipinski definition) is 0. The van der Waals surface area contributed by atoms with Crippen LogP contribution >= 0.6 is 38.5 Å². The molecule has 1 aromatic rings. The summed E-state index contributed by atoms with van der Waals surface area (Å²) in [5.41, 5.74) is -0.229. The van der Waals surface area contributed by atoms with Crippen LogP contribution in [0.15, 0.2) is 10.9 Å². The molecule has 0 aliphatic rings. The van der Waals surface area contributed by atoms with Crippen molar-refractivity contribution in [1.82, 2.24) is 9.97 Å². The van der Waals surface area contributed by atoms with E-state index in [9.17, 15) is 8.78 Å². The summed E-state index contributed by atoms with van der Waals surface area (Å²) in [6.07, 6.45) is -1.44. The Morgan fingerprint density at radius 1 is 1.45 bits per heavy atom. The summed E-state index contributed by atoms with van der Waals surface area (Å²) < 4.78 is 25.0. The Morgan fingerprint density at radius 2 is 2.09 bits per heavy atom. The molecule has 2 nitrogen and oxygen atoms in total. The van der Waals surface area contributed by atoms with Crippen LogP contribution in [0, 0.1) is 3.57 Å². The fraction of sp³-hybridized carbons (Fsp3) is 0.200. The molecule has 0 aliphatic carbocycles. The van der Waals surface area contributed by atoms with Crippen LogP contribution in [0.5, 0.6) is 0 Å². The highest BCUT2D eigenvalue weighted by Crippen LogP contribution is 2.25. The normalized spacial score (nSPS) is 10.6. The Kier molecular flexibility index (Phi) is 3.11. The maximum absolute atomic E-state index is 12.1. The maximum atomic E-state index is 12.1. The van der Waals surface area contributed by atoms with E-state index in [2.05, 4.69) is 25.9 Å². The Hall–Kier alpha value is 0.150. The maximum Gasteiger partial charge on any atom is 0.281 e. The molecule has 11 heavy (non-hydrogen) atoms. The topological polar surface area (TPSA) is 25.8 Å². The van der Waals surface area contributed by atoms with E-state index in [4.69, 9.17) is 0 Å². The van der Waals surface area contributed by atoms with Crippen molar-refractivity contribution in [3.8, 4) is 0 Å². The highest BCUT2D eigenvalue weighted by Gasteiger charge is 2.15. The van der Waals surface area contributed by atoms with Gasteiger partial charge < -0.3 is 0 Å². The third kappa shape index (κ3) is 2.05. The molecular weight excluding hydrogens is 333 g/mol. The first-order valence-electron chi connectivity index (χ1n) is 2.57. The van der Waals surface area contributed by atoms with E-state index in [0.29, 0.717) is 8.17 Å². The second-order valence-corrected chi connectivity index (χ2v) is 3.49. The van der Waals surface area contributed by atoms with Gasteiger partial charge in [0.2, 0.25) is 0 Å². The van der Waals surface area contributed by atoms with Gasteiger partial charge in [0.25, 0.3) is 6.43 Å². The van der Waals surface area contributed by atoms with Crippen LogP contribution in [-0.2, 0) is 0 Å².